The number of furan rings is 1. The molecule has 2 aromatic rings. The Labute approximate surface area is 165 Å². The van der Waals surface area contributed by atoms with Gasteiger partial charge in [-0.15, -0.1) is 0 Å². The predicted octanol–water partition coefficient (Wildman–Crippen LogP) is 2.20. The maximum atomic E-state index is 13.6. The lowest BCUT2D eigenvalue weighted by Crippen LogP contribution is -2.41. The molecular weight excluding hydrogens is 391 g/mol. The van der Waals surface area contributed by atoms with Crippen molar-refractivity contribution in [3.63, 3.8) is 0 Å². The van der Waals surface area contributed by atoms with E-state index in [4.69, 9.17) is 9.15 Å². The average molecular weight is 413 g/mol. The number of amides is 1. The number of hydrogen-bond acceptors (Lipinski definition) is 6. The number of fused-ring (bicyclic) bond motifs is 1. The second kappa shape index (κ2) is 8.07. The van der Waals surface area contributed by atoms with E-state index in [2.05, 4.69) is 20.6 Å². The highest BCUT2D eigenvalue weighted by atomic mass is 19.4. The van der Waals surface area contributed by atoms with Crippen molar-refractivity contribution in [3.05, 3.63) is 35.9 Å². The zero-order valence-electron chi connectivity index (χ0n) is 15.6. The van der Waals surface area contributed by atoms with Crippen molar-refractivity contribution in [1.29, 1.82) is 0 Å². The summed E-state index contributed by atoms with van der Waals surface area (Å²) in [5, 5.41) is 9.61. The van der Waals surface area contributed by atoms with Crippen molar-refractivity contribution in [1.82, 2.24) is 20.0 Å². The maximum Gasteiger partial charge on any atom is 0.410 e. The second-order valence-corrected chi connectivity index (χ2v) is 7.07. The van der Waals surface area contributed by atoms with Gasteiger partial charge in [0.1, 0.15) is 17.1 Å². The Morgan fingerprint density at radius 3 is 2.83 bits per heavy atom. The van der Waals surface area contributed by atoms with Gasteiger partial charge in [0, 0.05) is 32.6 Å². The number of nitrogens with zero attached hydrogens (tertiary/aromatic N) is 3. The van der Waals surface area contributed by atoms with Crippen LogP contribution < -0.4 is 10.6 Å². The Kier molecular flexibility index (Phi) is 5.50. The SMILES string of the molecule is O=C(NCCN1CCOCC1)c1cnn2c1N[C@H](c1ccco1)C[C@H]2C(F)(F)F. The highest BCUT2D eigenvalue weighted by Crippen LogP contribution is 2.44. The van der Waals surface area contributed by atoms with Gasteiger partial charge >= 0.3 is 6.18 Å². The lowest BCUT2D eigenvalue weighted by atomic mass is 10.0. The van der Waals surface area contributed by atoms with Crippen LogP contribution >= 0.6 is 0 Å². The zero-order valence-corrected chi connectivity index (χ0v) is 15.6. The summed E-state index contributed by atoms with van der Waals surface area (Å²) in [5.41, 5.74) is 0.0810. The number of rotatable bonds is 5. The number of nitrogens with one attached hydrogen (secondary N) is 2. The molecule has 0 saturated carbocycles. The molecule has 0 unspecified atom stereocenters. The number of halogens is 3. The Morgan fingerprint density at radius 2 is 2.14 bits per heavy atom. The molecule has 0 bridgehead atoms. The monoisotopic (exact) mass is 413 g/mol. The topological polar surface area (TPSA) is 84.6 Å². The Hall–Kier alpha value is -2.53. The minimum absolute atomic E-state index is 0.0452. The Balaban J connectivity index is 1.49. The fourth-order valence-electron chi connectivity index (χ4n) is 3.65. The number of alkyl halides is 3. The molecule has 2 aromatic heterocycles. The van der Waals surface area contributed by atoms with E-state index in [1.165, 1.54) is 12.5 Å². The molecule has 2 aliphatic heterocycles. The molecule has 0 aliphatic carbocycles. The van der Waals surface area contributed by atoms with Crippen molar-refractivity contribution in [2.45, 2.75) is 24.7 Å². The molecule has 8 nitrogen and oxygen atoms in total. The minimum atomic E-state index is -4.50. The molecule has 2 atom stereocenters. The molecule has 0 spiro atoms. The molecule has 158 valence electrons. The van der Waals surface area contributed by atoms with Crippen LogP contribution in [0.15, 0.2) is 29.0 Å². The summed E-state index contributed by atoms with van der Waals surface area (Å²) in [5.74, 6) is -0.0396. The Morgan fingerprint density at radius 1 is 1.34 bits per heavy atom. The average Bonchev–Trinajstić information content (AvgIpc) is 3.37. The van der Waals surface area contributed by atoms with Gasteiger partial charge in [0.05, 0.1) is 31.7 Å². The molecule has 4 rings (SSSR count). The van der Waals surface area contributed by atoms with Crippen LogP contribution in [0.5, 0.6) is 0 Å². The van der Waals surface area contributed by atoms with Gasteiger partial charge in [-0.2, -0.15) is 18.3 Å². The summed E-state index contributed by atoms with van der Waals surface area (Å²) in [6.45, 7) is 3.92. The molecule has 11 heteroatoms. The third kappa shape index (κ3) is 4.25. The fraction of sp³-hybridized carbons (Fsp3) is 0.556. The normalized spacial score (nSPS) is 22.7. The molecule has 2 N–H and O–H groups in total. The molecule has 1 amide bonds. The molecule has 4 heterocycles. The van der Waals surface area contributed by atoms with Crippen molar-refractivity contribution in [2.24, 2.45) is 0 Å². The van der Waals surface area contributed by atoms with Crippen LogP contribution in [0, 0.1) is 0 Å². The van der Waals surface area contributed by atoms with Crippen molar-refractivity contribution in [3.8, 4) is 0 Å². The van der Waals surface area contributed by atoms with Crippen LogP contribution in [0.4, 0.5) is 19.0 Å². The summed E-state index contributed by atoms with van der Waals surface area (Å²) in [4.78, 5) is 14.8. The van der Waals surface area contributed by atoms with E-state index in [1.54, 1.807) is 12.1 Å². The Bertz CT molecular complexity index is 830. The number of anilines is 1. The first kappa shape index (κ1) is 19.8. The number of aromatic nitrogens is 2. The summed E-state index contributed by atoms with van der Waals surface area (Å²) in [6.07, 6.45) is -2.19. The van der Waals surface area contributed by atoms with Gasteiger partial charge in [0.15, 0.2) is 6.04 Å². The van der Waals surface area contributed by atoms with Crippen LogP contribution in [0.1, 0.15) is 34.6 Å². The number of hydrogen-bond donors (Lipinski definition) is 2. The largest absolute Gasteiger partial charge is 0.467 e. The van der Waals surface area contributed by atoms with Crippen LogP contribution in [0.25, 0.3) is 0 Å². The minimum Gasteiger partial charge on any atom is -0.467 e. The van der Waals surface area contributed by atoms with E-state index in [-0.39, 0.29) is 17.8 Å². The molecule has 1 saturated heterocycles. The van der Waals surface area contributed by atoms with Crippen LogP contribution in [0.2, 0.25) is 0 Å². The van der Waals surface area contributed by atoms with E-state index in [0.29, 0.717) is 32.1 Å². The first-order valence-corrected chi connectivity index (χ1v) is 9.46. The lowest BCUT2D eigenvalue weighted by molar-refractivity contribution is -0.174. The van der Waals surface area contributed by atoms with Gasteiger partial charge in [0.25, 0.3) is 5.91 Å². The number of carbonyl (C=O) groups excluding carboxylic acids is 1. The molecule has 29 heavy (non-hydrogen) atoms. The van der Waals surface area contributed by atoms with Crippen molar-refractivity contribution < 1.29 is 27.1 Å². The first-order chi connectivity index (χ1) is 13.9. The predicted molar refractivity (Wildman–Crippen MR) is 96.6 cm³/mol. The highest BCUT2D eigenvalue weighted by Gasteiger charge is 2.47. The summed E-state index contributed by atoms with van der Waals surface area (Å²) in [7, 11) is 0. The van der Waals surface area contributed by atoms with E-state index in [9.17, 15) is 18.0 Å². The molecule has 1 fully saturated rings. The zero-order chi connectivity index (χ0) is 20.4. The first-order valence-electron chi connectivity index (χ1n) is 9.46. The van der Waals surface area contributed by atoms with E-state index in [0.717, 1.165) is 17.8 Å². The second-order valence-electron chi connectivity index (χ2n) is 7.07. The quantitative estimate of drug-likeness (QED) is 0.782. The van der Waals surface area contributed by atoms with E-state index in [1.807, 2.05) is 0 Å². The molecular formula is C18H22F3N5O3. The maximum absolute atomic E-state index is 13.6. The number of morpholine rings is 1. The number of carbonyl (C=O) groups is 1. The highest BCUT2D eigenvalue weighted by molar-refractivity contribution is 5.98. The fourth-order valence-corrected chi connectivity index (χ4v) is 3.65. The third-order valence-electron chi connectivity index (χ3n) is 5.19. The van der Waals surface area contributed by atoms with Gasteiger partial charge < -0.3 is 19.8 Å². The van der Waals surface area contributed by atoms with Gasteiger partial charge in [-0.1, -0.05) is 0 Å². The van der Waals surface area contributed by atoms with E-state index >= 15 is 0 Å². The lowest BCUT2D eigenvalue weighted by Gasteiger charge is -2.32. The van der Waals surface area contributed by atoms with Crippen LogP contribution in [-0.4, -0.2) is 66.2 Å². The smallest absolute Gasteiger partial charge is 0.410 e. The molecule has 0 radical (unpaired) electrons. The van der Waals surface area contributed by atoms with Gasteiger partial charge in [0.2, 0.25) is 0 Å². The summed E-state index contributed by atoms with van der Waals surface area (Å²) < 4.78 is 52.3. The number of ether oxygens (including phenoxy) is 1. The summed E-state index contributed by atoms with van der Waals surface area (Å²) >= 11 is 0. The van der Waals surface area contributed by atoms with Crippen LogP contribution in [0.3, 0.4) is 0 Å². The third-order valence-corrected chi connectivity index (χ3v) is 5.19. The van der Waals surface area contributed by atoms with Gasteiger partial charge in [-0.05, 0) is 12.1 Å². The molecule has 2 aliphatic rings. The molecule has 0 aromatic carbocycles. The van der Waals surface area contributed by atoms with E-state index < -0.39 is 24.2 Å². The standard InChI is InChI=1S/C18H22F3N5O3/c19-18(20,21)15-10-13(14-2-1-7-29-14)24-16-12(11-23-26(15)16)17(27)22-3-4-25-5-8-28-9-6-25/h1-2,7,11,13,15,24H,3-6,8-10H2,(H,22,27)/t13-,15-/m0/s1. The van der Waals surface area contributed by atoms with Gasteiger partial charge in [-0.25, -0.2) is 4.68 Å². The van der Waals surface area contributed by atoms with Crippen molar-refractivity contribution >= 4 is 11.7 Å². The van der Waals surface area contributed by atoms with Crippen LogP contribution in [-0.2, 0) is 4.74 Å². The van der Waals surface area contributed by atoms with Crippen molar-refractivity contribution in [2.75, 3.05) is 44.7 Å². The van der Waals surface area contributed by atoms with Gasteiger partial charge in [-0.3, -0.25) is 9.69 Å². The summed E-state index contributed by atoms with van der Waals surface area (Å²) in [6, 6.07) is 0.675.